The molecule has 1 aliphatic heterocycles. The summed E-state index contributed by atoms with van der Waals surface area (Å²) in [4.78, 5) is 43.1. The quantitative estimate of drug-likeness (QED) is 0.752. The third-order valence-electron chi connectivity index (χ3n) is 5.30. The van der Waals surface area contributed by atoms with E-state index in [-0.39, 0.29) is 23.8 Å². The molecule has 4 amide bonds. The topological polar surface area (TPSA) is 91.4 Å². The first-order valence-corrected chi connectivity index (χ1v) is 10.3. The number of thiazole rings is 1. The van der Waals surface area contributed by atoms with E-state index in [0.717, 1.165) is 22.0 Å². The van der Waals surface area contributed by atoms with E-state index in [1.807, 2.05) is 12.3 Å². The van der Waals surface area contributed by atoms with E-state index < -0.39 is 11.6 Å². The van der Waals surface area contributed by atoms with Crippen molar-refractivity contribution in [3.8, 4) is 0 Å². The van der Waals surface area contributed by atoms with E-state index in [0.29, 0.717) is 31.7 Å². The molecule has 2 unspecified atom stereocenters. The highest BCUT2D eigenvalue weighted by molar-refractivity contribution is 7.09. The zero-order chi connectivity index (χ0) is 19.8. The maximum Gasteiger partial charge on any atom is 0.325 e. The normalized spacial score (nSPS) is 27.1. The molecular weight excluding hydrogens is 364 g/mol. The fraction of sp³-hybridized carbons (Fsp3) is 0.684. The summed E-state index contributed by atoms with van der Waals surface area (Å²) in [6.07, 6.45) is 2.89. The monoisotopic (exact) mass is 392 g/mol. The maximum atomic E-state index is 13.0. The van der Waals surface area contributed by atoms with Gasteiger partial charge in [0.05, 0.1) is 10.7 Å². The van der Waals surface area contributed by atoms with Gasteiger partial charge in [0.15, 0.2) is 0 Å². The summed E-state index contributed by atoms with van der Waals surface area (Å²) < 4.78 is 0. The predicted molar refractivity (Wildman–Crippen MR) is 103 cm³/mol. The first kappa shape index (κ1) is 19.8. The number of amides is 4. The molecule has 2 N–H and O–H groups in total. The Morgan fingerprint density at radius 1 is 1.41 bits per heavy atom. The lowest BCUT2D eigenvalue weighted by atomic mass is 9.64. The largest absolute Gasteiger partial charge is 0.354 e. The fourth-order valence-corrected chi connectivity index (χ4v) is 5.35. The van der Waals surface area contributed by atoms with E-state index in [1.165, 1.54) is 0 Å². The molecule has 1 aliphatic carbocycles. The number of aryl methyl sites for hydroxylation is 1. The second-order valence-electron chi connectivity index (χ2n) is 8.72. The first-order valence-electron chi connectivity index (χ1n) is 9.42. The Kier molecular flexibility index (Phi) is 5.29. The molecule has 2 atom stereocenters. The molecular formula is C19H28N4O3S. The number of carbonyl (C=O) groups excluding carboxylic acids is 3. The minimum Gasteiger partial charge on any atom is -0.354 e. The molecule has 1 spiro atoms. The van der Waals surface area contributed by atoms with E-state index in [1.54, 1.807) is 11.3 Å². The number of rotatable bonds is 5. The van der Waals surface area contributed by atoms with Crippen LogP contribution < -0.4 is 10.6 Å². The summed E-state index contributed by atoms with van der Waals surface area (Å²) in [5, 5.41) is 8.63. The highest BCUT2D eigenvalue weighted by atomic mass is 32.1. The zero-order valence-corrected chi connectivity index (χ0v) is 17.2. The Balaban J connectivity index is 1.57. The van der Waals surface area contributed by atoms with Gasteiger partial charge in [-0.3, -0.25) is 14.5 Å². The van der Waals surface area contributed by atoms with Gasteiger partial charge in [-0.2, -0.15) is 0 Å². The zero-order valence-electron chi connectivity index (χ0n) is 16.4. The van der Waals surface area contributed by atoms with Crippen LogP contribution in [0.3, 0.4) is 0 Å². The molecule has 3 rings (SSSR count). The average molecular weight is 393 g/mol. The van der Waals surface area contributed by atoms with Crippen LogP contribution >= 0.6 is 11.3 Å². The van der Waals surface area contributed by atoms with Crippen LogP contribution in [0.25, 0.3) is 0 Å². The van der Waals surface area contributed by atoms with Crippen molar-refractivity contribution in [2.75, 3.05) is 13.1 Å². The minimum absolute atomic E-state index is 0.0233. The van der Waals surface area contributed by atoms with Gasteiger partial charge in [0.25, 0.3) is 5.91 Å². The van der Waals surface area contributed by atoms with Crippen molar-refractivity contribution < 1.29 is 14.4 Å². The Morgan fingerprint density at radius 2 is 2.15 bits per heavy atom. The number of urea groups is 1. The Bertz CT molecular complexity index is 760. The molecule has 1 aromatic rings. The van der Waals surface area contributed by atoms with E-state index in [9.17, 15) is 14.4 Å². The molecule has 1 saturated carbocycles. The third-order valence-corrected chi connectivity index (χ3v) is 6.12. The van der Waals surface area contributed by atoms with Crippen molar-refractivity contribution in [1.29, 1.82) is 0 Å². The van der Waals surface area contributed by atoms with E-state index in [2.05, 4.69) is 36.4 Å². The lowest BCUT2D eigenvalue weighted by molar-refractivity contribution is -0.137. The predicted octanol–water partition coefficient (Wildman–Crippen LogP) is 2.25. The number of aromatic nitrogens is 1. The molecule has 7 nitrogen and oxygen atoms in total. The third kappa shape index (κ3) is 4.31. The van der Waals surface area contributed by atoms with Crippen LogP contribution in [0.15, 0.2) is 5.38 Å². The Labute approximate surface area is 163 Å². The second kappa shape index (κ2) is 7.22. The van der Waals surface area contributed by atoms with Crippen molar-refractivity contribution in [2.45, 2.75) is 58.9 Å². The van der Waals surface area contributed by atoms with Gasteiger partial charge < -0.3 is 10.6 Å². The summed E-state index contributed by atoms with van der Waals surface area (Å²) in [7, 11) is 0. The lowest BCUT2D eigenvalue weighted by Crippen LogP contribution is -2.54. The number of carbonyl (C=O) groups is 3. The molecule has 1 aromatic heterocycles. The van der Waals surface area contributed by atoms with E-state index in [4.69, 9.17) is 0 Å². The van der Waals surface area contributed by atoms with Gasteiger partial charge in [-0.15, -0.1) is 11.3 Å². The molecule has 1 saturated heterocycles. The number of hydrogen-bond acceptors (Lipinski definition) is 5. The van der Waals surface area contributed by atoms with Gasteiger partial charge >= 0.3 is 6.03 Å². The van der Waals surface area contributed by atoms with Crippen molar-refractivity contribution in [3.05, 3.63) is 16.1 Å². The van der Waals surface area contributed by atoms with Gasteiger partial charge in [0.1, 0.15) is 12.1 Å². The Morgan fingerprint density at radius 3 is 2.78 bits per heavy atom. The van der Waals surface area contributed by atoms with Crippen molar-refractivity contribution in [2.24, 2.45) is 11.3 Å². The van der Waals surface area contributed by atoms with Crippen LogP contribution in [-0.4, -0.2) is 46.4 Å². The molecule has 2 heterocycles. The summed E-state index contributed by atoms with van der Waals surface area (Å²) >= 11 is 1.57. The number of imide groups is 1. The van der Waals surface area contributed by atoms with Crippen LogP contribution in [0.2, 0.25) is 0 Å². The van der Waals surface area contributed by atoms with Crippen LogP contribution in [-0.2, 0) is 16.0 Å². The van der Waals surface area contributed by atoms with Gasteiger partial charge in [0.2, 0.25) is 5.91 Å². The first-order chi connectivity index (χ1) is 12.6. The highest BCUT2D eigenvalue weighted by Gasteiger charge is 2.56. The average Bonchev–Trinajstić information content (AvgIpc) is 3.02. The number of nitrogens with one attached hydrogen (secondary N) is 2. The van der Waals surface area contributed by atoms with Crippen molar-refractivity contribution >= 4 is 29.2 Å². The summed E-state index contributed by atoms with van der Waals surface area (Å²) in [5.74, 6) is -0.253. The second-order valence-corrected chi connectivity index (χ2v) is 9.78. The van der Waals surface area contributed by atoms with Gasteiger partial charge in [-0.05, 0) is 37.5 Å². The molecule has 0 bridgehead atoms. The molecule has 0 aromatic carbocycles. The molecule has 148 valence electrons. The number of nitrogens with zero attached hydrogens (tertiary/aromatic N) is 2. The molecule has 2 fully saturated rings. The van der Waals surface area contributed by atoms with E-state index >= 15 is 0 Å². The molecule has 2 aliphatic rings. The summed E-state index contributed by atoms with van der Waals surface area (Å²) in [6.45, 7) is 8.49. The smallest absolute Gasteiger partial charge is 0.325 e. The van der Waals surface area contributed by atoms with Gasteiger partial charge in [0, 0.05) is 18.3 Å². The van der Waals surface area contributed by atoms with Gasteiger partial charge in [-0.1, -0.05) is 20.8 Å². The SMILES string of the molecule is Cc1nc(CCNC(=O)CN2C(=O)NC3(CC(C)CC(C)(C)C3)C2=O)cs1. The van der Waals surface area contributed by atoms with Crippen LogP contribution in [0.4, 0.5) is 4.79 Å². The lowest BCUT2D eigenvalue weighted by Gasteiger charge is -2.43. The molecule has 27 heavy (non-hydrogen) atoms. The van der Waals surface area contributed by atoms with Crippen molar-refractivity contribution in [1.82, 2.24) is 20.5 Å². The highest BCUT2D eigenvalue weighted by Crippen LogP contribution is 2.46. The minimum atomic E-state index is -0.864. The van der Waals surface area contributed by atoms with Crippen LogP contribution in [0.5, 0.6) is 0 Å². The van der Waals surface area contributed by atoms with Crippen LogP contribution in [0.1, 0.15) is 50.7 Å². The standard InChI is InChI=1S/C19H28N4O3S/c1-12-7-18(3,4)11-19(8-12)16(25)23(17(26)22-19)9-15(24)20-6-5-14-10-27-13(2)21-14/h10,12H,5-9,11H2,1-4H3,(H,20,24)(H,22,26). The maximum absolute atomic E-state index is 13.0. The number of hydrogen-bond donors (Lipinski definition) is 2. The fourth-order valence-electron chi connectivity index (χ4n) is 4.70. The Hall–Kier alpha value is -1.96. The van der Waals surface area contributed by atoms with Crippen LogP contribution in [0, 0.1) is 18.3 Å². The molecule has 0 radical (unpaired) electrons. The summed E-state index contributed by atoms with van der Waals surface area (Å²) in [5.41, 5.74) is 0.0476. The van der Waals surface area contributed by atoms with Gasteiger partial charge in [-0.25, -0.2) is 9.78 Å². The van der Waals surface area contributed by atoms with Crippen molar-refractivity contribution in [3.63, 3.8) is 0 Å². The summed E-state index contributed by atoms with van der Waals surface area (Å²) in [6, 6.07) is -0.463. The molecule has 8 heteroatoms.